The van der Waals surface area contributed by atoms with Crippen LogP contribution in [0.1, 0.15) is 43.7 Å². The van der Waals surface area contributed by atoms with E-state index in [2.05, 4.69) is 25.4 Å². The minimum absolute atomic E-state index is 0.0676. The molecule has 1 amide bonds. The number of carbonyl (C=O) groups is 1. The Kier molecular flexibility index (Phi) is 8.67. The van der Waals surface area contributed by atoms with E-state index in [0.29, 0.717) is 29.0 Å². The Balaban J connectivity index is 1.30. The average Bonchev–Trinajstić information content (AvgIpc) is 3.94. The number of ether oxygens (including phenoxy) is 1. The molecule has 21 heteroatoms. The molecule has 55 heavy (non-hydrogen) atoms. The van der Waals surface area contributed by atoms with Crippen molar-refractivity contribution in [2.75, 3.05) is 37.3 Å². The van der Waals surface area contributed by atoms with Crippen LogP contribution in [0.4, 0.5) is 46.3 Å². The van der Waals surface area contributed by atoms with Gasteiger partial charge >= 0.3 is 24.3 Å². The molecule has 6 heterocycles. The number of anilines is 2. The number of rotatable bonds is 6. The Hall–Kier alpha value is -5.49. The van der Waals surface area contributed by atoms with Crippen LogP contribution in [0.15, 0.2) is 18.5 Å². The van der Waals surface area contributed by atoms with Gasteiger partial charge < -0.3 is 25.8 Å². The first-order valence-corrected chi connectivity index (χ1v) is 17.8. The molecule has 0 bridgehead atoms. The van der Waals surface area contributed by atoms with Crippen LogP contribution in [0.2, 0.25) is 0 Å². The highest BCUT2D eigenvalue weighted by molar-refractivity contribution is 7.23. The number of hydrogen-bond donors (Lipinski definition) is 3. The molecule has 13 nitrogen and oxygen atoms in total. The molecule has 2 aromatic carbocycles. The third-order valence-electron chi connectivity index (χ3n) is 10.7. The normalized spacial score (nSPS) is 22.8. The first-order chi connectivity index (χ1) is 26.1. The second kappa shape index (κ2) is 13.1. The second-order valence-corrected chi connectivity index (χ2v) is 14.9. The number of nitriles is 1. The molecule has 3 aliphatic rings. The number of phenols is 1. The third kappa shape index (κ3) is 5.89. The van der Waals surface area contributed by atoms with Crippen LogP contribution >= 0.6 is 11.3 Å². The molecule has 4 atom stereocenters. The molecule has 0 unspecified atom stereocenters. The fourth-order valence-electron chi connectivity index (χ4n) is 8.19. The van der Waals surface area contributed by atoms with Crippen LogP contribution in [0.5, 0.6) is 11.8 Å². The number of nitrogens with zero attached hydrogens (tertiary/aromatic N) is 8. The van der Waals surface area contributed by atoms with Gasteiger partial charge in [-0.3, -0.25) is 4.90 Å². The summed E-state index contributed by atoms with van der Waals surface area (Å²) < 4.78 is 112. The minimum atomic E-state index is -5.44. The van der Waals surface area contributed by atoms with Gasteiger partial charge in [-0.05, 0) is 44.4 Å². The van der Waals surface area contributed by atoms with E-state index in [1.165, 1.54) is 4.90 Å². The van der Waals surface area contributed by atoms with E-state index in [1.807, 2.05) is 4.90 Å². The predicted octanol–water partition coefficient (Wildman–Crippen LogP) is 6.20. The highest BCUT2D eigenvalue weighted by Gasteiger charge is 2.50. The molecule has 8 rings (SSSR count). The van der Waals surface area contributed by atoms with E-state index >= 15 is 17.6 Å². The molecule has 288 valence electrons. The number of aromatic hydroxyl groups is 1. The molecule has 3 aromatic heterocycles. The lowest BCUT2D eigenvalue weighted by atomic mass is 9.91. The maximum Gasteiger partial charge on any atom is 0.420 e. The molecule has 0 saturated carbocycles. The molecule has 0 aliphatic carbocycles. The molecule has 5 aromatic rings. The molecule has 0 radical (unpaired) electrons. The number of likely N-dealkylation sites (tertiary alicyclic amines) is 1. The molecular formula is C34H29F7N10O3S. The zero-order valence-corrected chi connectivity index (χ0v) is 29.4. The predicted molar refractivity (Wildman–Crippen MR) is 184 cm³/mol. The van der Waals surface area contributed by atoms with Crippen LogP contribution in [0, 0.1) is 29.0 Å². The van der Waals surface area contributed by atoms with E-state index in [0.717, 1.165) is 24.9 Å². The summed E-state index contributed by atoms with van der Waals surface area (Å²) >= 11 is 0.589. The number of hydrogen-bond acceptors (Lipinski definition) is 12. The molecule has 0 spiro atoms. The molecule has 3 saturated heterocycles. The van der Waals surface area contributed by atoms with Crippen molar-refractivity contribution in [1.82, 2.24) is 34.5 Å². The first kappa shape index (κ1) is 36.5. The van der Waals surface area contributed by atoms with Crippen molar-refractivity contribution in [3.8, 4) is 29.0 Å². The second-order valence-electron chi connectivity index (χ2n) is 13.8. The minimum Gasteiger partial charge on any atom is -0.506 e. The monoisotopic (exact) mass is 790 g/mol. The third-order valence-corrected chi connectivity index (χ3v) is 11.8. The van der Waals surface area contributed by atoms with E-state index in [4.69, 9.17) is 10.5 Å². The number of halogens is 7. The number of benzene rings is 2. The van der Waals surface area contributed by atoms with Gasteiger partial charge in [-0.25, -0.2) is 18.0 Å². The van der Waals surface area contributed by atoms with Gasteiger partial charge in [0.25, 0.3) is 0 Å². The van der Waals surface area contributed by atoms with Gasteiger partial charge in [0.15, 0.2) is 5.82 Å². The highest BCUT2D eigenvalue weighted by Crippen LogP contribution is 2.52. The summed E-state index contributed by atoms with van der Waals surface area (Å²) in [5, 5.41) is 26.4. The number of aromatic nitrogens is 5. The van der Waals surface area contributed by atoms with Crippen LogP contribution in [-0.2, 0) is 6.18 Å². The maximum atomic E-state index is 17.2. The highest BCUT2D eigenvalue weighted by atomic mass is 32.1. The number of nitrogens with one attached hydrogen (secondary N) is 1. The van der Waals surface area contributed by atoms with E-state index in [1.54, 1.807) is 13.0 Å². The molecule has 3 fully saturated rings. The summed E-state index contributed by atoms with van der Waals surface area (Å²) in [6.07, 6.45) is -5.19. The van der Waals surface area contributed by atoms with Crippen molar-refractivity contribution in [3.63, 3.8) is 0 Å². The maximum absolute atomic E-state index is 17.2. The quantitative estimate of drug-likeness (QED) is 0.168. The smallest absolute Gasteiger partial charge is 0.420 e. The van der Waals surface area contributed by atoms with E-state index in [-0.39, 0.29) is 47.8 Å². The fraction of sp³-hybridized carbons (Fsp3) is 0.412. The fourth-order valence-corrected chi connectivity index (χ4v) is 9.14. The largest absolute Gasteiger partial charge is 0.506 e. The van der Waals surface area contributed by atoms with Crippen LogP contribution in [0.3, 0.4) is 0 Å². The first-order valence-electron chi connectivity index (χ1n) is 17.0. The molecular weight excluding hydrogens is 761 g/mol. The summed E-state index contributed by atoms with van der Waals surface area (Å²) in [5.74, 6) is -4.49. The van der Waals surface area contributed by atoms with Crippen molar-refractivity contribution in [2.24, 2.45) is 0 Å². The number of alkyl halides is 4. The lowest BCUT2D eigenvalue weighted by molar-refractivity contribution is -0.138. The number of fused-ring (bicyclic) bond motifs is 3. The molecule has 3 aliphatic heterocycles. The Morgan fingerprint density at radius 2 is 2.00 bits per heavy atom. The topological polar surface area (TPSA) is 171 Å². The van der Waals surface area contributed by atoms with Crippen molar-refractivity contribution in [2.45, 2.75) is 62.6 Å². The summed E-state index contributed by atoms with van der Waals surface area (Å²) in [6, 6.07) is 0.615. The van der Waals surface area contributed by atoms with Gasteiger partial charge in [-0.15, -0.1) is 16.4 Å². The SMILES string of the molecule is C[C@@H]1[C@H](Nc2nc(OC[C@@]34CCCN3C[C@H](F)C4)nc3c(F)c(-c4ccc(F)c5sc(N)c(C#N)c45)c(C(F)(F)F)c(O)c23)CCN1C(=O)n1cnc(F)n1. The van der Waals surface area contributed by atoms with Crippen molar-refractivity contribution < 1.29 is 45.4 Å². The van der Waals surface area contributed by atoms with Gasteiger partial charge in [-0.2, -0.15) is 42.5 Å². The number of thiophene rings is 1. The number of carbonyl (C=O) groups excluding carboxylic acids is 1. The Morgan fingerprint density at radius 1 is 1.22 bits per heavy atom. The van der Waals surface area contributed by atoms with Crippen LogP contribution < -0.4 is 15.8 Å². The van der Waals surface area contributed by atoms with Crippen molar-refractivity contribution >= 4 is 49.2 Å². The van der Waals surface area contributed by atoms with Crippen LogP contribution in [0.25, 0.3) is 32.1 Å². The van der Waals surface area contributed by atoms with E-state index in [9.17, 15) is 28.3 Å². The van der Waals surface area contributed by atoms with Crippen molar-refractivity contribution in [3.05, 3.63) is 47.3 Å². The average molecular weight is 791 g/mol. The number of nitrogens with two attached hydrogens (primary N) is 1. The Morgan fingerprint density at radius 3 is 2.71 bits per heavy atom. The van der Waals surface area contributed by atoms with Gasteiger partial charge in [0.05, 0.1) is 27.2 Å². The zero-order chi connectivity index (χ0) is 39.1. The Bertz CT molecular complexity index is 2430. The lowest BCUT2D eigenvalue weighted by Gasteiger charge is -2.31. The number of amides is 1. The number of phenolic OH excluding ortho intramolecular Hbond substituents is 1. The lowest BCUT2D eigenvalue weighted by Crippen LogP contribution is -2.43. The number of nitrogen functional groups attached to an aromatic ring is 1. The Labute approximate surface area is 310 Å². The van der Waals surface area contributed by atoms with Gasteiger partial charge in [0, 0.05) is 36.5 Å². The zero-order valence-electron chi connectivity index (χ0n) is 28.6. The van der Waals surface area contributed by atoms with Gasteiger partial charge in [-0.1, -0.05) is 6.07 Å². The van der Waals surface area contributed by atoms with Gasteiger partial charge in [0.1, 0.15) is 58.6 Å². The van der Waals surface area contributed by atoms with Crippen LogP contribution in [-0.4, -0.2) is 95.7 Å². The molecule has 4 N–H and O–H groups in total. The summed E-state index contributed by atoms with van der Waals surface area (Å²) in [6.45, 7) is 2.31. The van der Waals surface area contributed by atoms with Crippen molar-refractivity contribution in [1.29, 1.82) is 5.26 Å². The van der Waals surface area contributed by atoms with Gasteiger partial charge in [0.2, 0.25) is 0 Å². The van der Waals surface area contributed by atoms with E-state index < -0.39 is 104 Å². The summed E-state index contributed by atoms with van der Waals surface area (Å²) in [4.78, 5) is 28.1. The summed E-state index contributed by atoms with van der Waals surface area (Å²) in [5.41, 5.74) is 0.322. The summed E-state index contributed by atoms with van der Waals surface area (Å²) in [7, 11) is 0. The standard InChI is InChI=1S/C34H29F7N10O3S/c1-14-19(5-8-50(14)32(53)51-13-44-30(38)48-51)45-29-22-25(46-31(47-29)54-12-33-6-2-7-49(33)11-15(35)9-33)24(37)21(23(26(22)52)34(39,40)41)16-3-4-18(36)27-20(16)17(10-42)28(43)55-27/h3-4,13-15,19,52H,2,5-9,11-12,43H2,1H3,(H,45,46,47)/t14-,15-,19-,33+/m1/s1.